The number of nitrogens with zero attached hydrogens (tertiary/aromatic N) is 1. The normalized spacial score (nSPS) is 12.6. The van der Waals surface area contributed by atoms with E-state index < -0.39 is 0 Å². The molecule has 1 N–H and O–H groups in total. The topological polar surface area (TPSA) is 24.5 Å². The van der Waals surface area contributed by atoms with Gasteiger partial charge in [0.2, 0.25) is 0 Å². The number of methoxy groups -OCH3 is 1. The fraction of sp³-hybridized carbons (Fsp3) is 1.00. The van der Waals surface area contributed by atoms with E-state index in [0.717, 1.165) is 19.7 Å². The monoisotopic (exact) mass is 272 g/mol. The number of hydrogen-bond donors (Lipinski definition) is 1. The van der Waals surface area contributed by atoms with Gasteiger partial charge in [-0.05, 0) is 60.5 Å². The number of rotatable bonds is 11. The van der Waals surface area contributed by atoms with E-state index in [4.69, 9.17) is 4.74 Å². The second-order valence-electron chi connectivity index (χ2n) is 6.71. The molecule has 0 aliphatic heterocycles. The van der Waals surface area contributed by atoms with Crippen molar-refractivity contribution in [2.75, 3.05) is 33.4 Å². The van der Waals surface area contributed by atoms with Crippen molar-refractivity contribution in [1.29, 1.82) is 0 Å². The Morgan fingerprint density at radius 3 is 2.16 bits per heavy atom. The highest BCUT2D eigenvalue weighted by Gasteiger charge is 2.09. The highest BCUT2D eigenvalue weighted by Crippen LogP contribution is 2.06. The second-order valence-corrected chi connectivity index (χ2v) is 6.71. The minimum Gasteiger partial charge on any atom is -0.383 e. The summed E-state index contributed by atoms with van der Waals surface area (Å²) in [5.41, 5.74) is 0.259. The first-order chi connectivity index (χ1) is 8.87. The molecule has 0 amide bonds. The van der Waals surface area contributed by atoms with Crippen LogP contribution in [0.25, 0.3) is 0 Å². The van der Waals surface area contributed by atoms with Gasteiger partial charge in [0.25, 0.3) is 0 Å². The quantitative estimate of drug-likeness (QED) is 0.584. The number of nitrogens with one attached hydrogen (secondary N) is 1. The van der Waals surface area contributed by atoms with Crippen molar-refractivity contribution < 1.29 is 4.74 Å². The summed E-state index contributed by atoms with van der Waals surface area (Å²) in [6.45, 7) is 15.4. The average molecular weight is 272 g/mol. The third kappa shape index (κ3) is 12.6. The molecule has 19 heavy (non-hydrogen) atoms. The van der Waals surface area contributed by atoms with Gasteiger partial charge in [-0.1, -0.05) is 12.8 Å². The molecular formula is C16H36N2O. The highest BCUT2D eigenvalue weighted by molar-refractivity contribution is 4.69. The smallest absolute Gasteiger partial charge is 0.0589 e. The molecule has 0 bridgehead atoms. The largest absolute Gasteiger partial charge is 0.383 e. The molecule has 0 aromatic carbocycles. The van der Waals surface area contributed by atoms with Gasteiger partial charge in [-0.15, -0.1) is 0 Å². The molecule has 0 aromatic heterocycles. The van der Waals surface area contributed by atoms with E-state index in [-0.39, 0.29) is 5.54 Å². The van der Waals surface area contributed by atoms with Crippen LogP contribution in [0.4, 0.5) is 0 Å². The summed E-state index contributed by atoms with van der Waals surface area (Å²) in [5, 5.41) is 3.54. The van der Waals surface area contributed by atoms with Crippen molar-refractivity contribution in [3.8, 4) is 0 Å². The molecule has 0 rings (SSSR count). The van der Waals surface area contributed by atoms with Crippen molar-refractivity contribution in [3.05, 3.63) is 0 Å². The maximum absolute atomic E-state index is 5.16. The third-order valence-electron chi connectivity index (χ3n) is 3.34. The van der Waals surface area contributed by atoms with Crippen LogP contribution in [-0.4, -0.2) is 49.8 Å². The van der Waals surface area contributed by atoms with Gasteiger partial charge in [-0.3, -0.25) is 4.90 Å². The van der Waals surface area contributed by atoms with E-state index in [0.29, 0.717) is 6.04 Å². The zero-order chi connectivity index (χ0) is 14.7. The molecule has 0 aliphatic rings. The molecular weight excluding hydrogens is 236 g/mol. The number of unbranched alkanes of at least 4 members (excludes halogenated alkanes) is 3. The van der Waals surface area contributed by atoms with E-state index in [1.165, 1.54) is 32.2 Å². The molecule has 0 saturated heterocycles. The molecule has 3 heteroatoms. The minimum absolute atomic E-state index is 0.259. The first-order valence-corrected chi connectivity index (χ1v) is 7.85. The summed E-state index contributed by atoms with van der Waals surface area (Å²) in [7, 11) is 1.78. The van der Waals surface area contributed by atoms with Gasteiger partial charge >= 0.3 is 0 Å². The summed E-state index contributed by atoms with van der Waals surface area (Å²) in [4.78, 5) is 2.51. The lowest BCUT2D eigenvalue weighted by molar-refractivity contribution is 0.128. The Kier molecular flexibility index (Phi) is 10.6. The van der Waals surface area contributed by atoms with Gasteiger partial charge in [-0.2, -0.15) is 0 Å². The SMILES string of the molecule is COCCN(CCCCCCNC(C)(C)C)C(C)C. The van der Waals surface area contributed by atoms with Crippen molar-refractivity contribution >= 4 is 0 Å². The van der Waals surface area contributed by atoms with E-state index >= 15 is 0 Å². The van der Waals surface area contributed by atoms with Crippen LogP contribution in [0.3, 0.4) is 0 Å². The predicted octanol–water partition coefficient (Wildman–Crippen LogP) is 3.29. The molecule has 0 aliphatic carbocycles. The molecule has 0 spiro atoms. The van der Waals surface area contributed by atoms with Gasteiger partial charge in [0, 0.05) is 25.2 Å². The molecule has 0 unspecified atom stereocenters. The van der Waals surface area contributed by atoms with Gasteiger partial charge in [-0.25, -0.2) is 0 Å². The van der Waals surface area contributed by atoms with Crippen LogP contribution >= 0.6 is 0 Å². The van der Waals surface area contributed by atoms with Gasteiger partial charge < -0.3 is 10.1 Å². The molecule has 0 atom stereocenters. The second kappa shape index (κ2) is 10.6. The fourth-order valence-electron chi connectivity index (χ4n) is 2.09. The number of ether oxygens (including phenoxy) is 1. The van der Waals surface area contributed by atoms with E-state index in [2.05, 4.69) is 44.8 Å². The van der Waals surface area contributed by atoms with Crippen molar-refractivity contribution in [3.63, 3.8) is 0 Å². The third-order valence-corrected chi connectivity index (χ3v) is 3.34. The van der Waals surface area contributed by atoms with E-state index in [1.54, 1.807) is 7.11 Å². The Hall–Kier alpha value is -0.120. The zero-order valence-electron chi connectivity index (χ0n) is 14.1. The lowest BCUT2D eigenvalue weighted by atomic mass is 10.1. The summed E-state index contributed by atoms with van der Waals surface area (Å²) in [5.74, 6) is 0. The van der Waals surface area contributed by atoms with Gasteiger partial charge in [0.1, 0.15) is 0 Å². The molecule has 0 saturated carbocycles. The Balaban J connectivity index is 3.50. The number of hydrogen-bond acceptors (Lipinski definition) is 3. The standard InChI is InChI=1S/C16H36N2O/c1-15(2)18(13-14-19-6)12-10-8-7-9-11-17-16(3,4)5/h15,17H,7-14H2,1-6H3. The Morgan fingerprint density at radius 2 is 1.63 bits per heavy atom. The molecule has 0 fully saturated rings. The summed E-state index contributed by atoms with van der Waals surface area (Å²) in [6, 6.07) is 0.623. The lowest BCUT2D eigenvalue weighted by Gasteiger charge is -2.26. The summed E-state index contributed by atoms with van der Waals surface area (Å²) in [6.07, 6.45) is 5.26. The van der Waals surface area contributed by atoms with Crippen LogP contribution in [-0.2, 0) is 4.74 Å². The average Bonchev–Trinajstić information content (AvgIpc) is 2.29. The van der Waals surface area contributed by atoms with Crippen molar-refractivity contribution in [1.82, 2.24) is 10.2 Å². The van der Waals surface area contributed by atoms with Crippen molar-refractivity contribution in [2.24, 2.45) is 0 Å². The molecule has 3 nitrogen and oxygen atoms in total. The summed E-state index contributed by atoms with van der Waals surface area (Å²) >= 11 is 0. The maximum atomic E-state index is 5.16. The van der Waals surface area contributed by atoms with Crippen LogP contribution in [0.15, 0.2) is 0 Å². The molecule has 0 radical (unpaired) electrons. The van der Waals surface area contributed by atoms with Crippen LogP contribution < -0.4 is 5.32 Å². The van der Waals surface area contributed by atoms with Crippen LogP contribution in [0.5, 0.6) is 0 Å². The fourth-order valence-corrected chi connectivity index (χ4v) is 2.09. The lowest BCUT2D eigenvalue weighted by Crippen LogP contribution is -2.36. The Bertz CT molecular complexity index is 199. The minimum atomic E-state index is 0.259. The maximum Gasteiger partial charge on any atom is 0.0589 e. The molecule has 0 heterocycles. The van der Waals surface area contributed by atoms with Crippen LogP contribution in [0, 0.1) is 0 Å². The summed E-state index contributed by atoms with van der Waals surface area (Å²) < 4.78 is 5.16. The zero-order valence-corrected chi connectivity index (χ0v) is 14.1. The van der Waals surface area contributed by atoms with E-state index in [1.807, 2.05) is 0 Å². The predicted molar refractivity (Wildman–Crippen MR) is 84.8 cm³/mol. The van der Waals surface area contributed by atoms with Crippen LogP contribution in [0.1, 0.15) is 60.3 Å². The van der Waals surface area contributed by atoms with Crippen LogP contribution in [0.2, 0.25) is 0 Å². The first kappa shape index (κ1) is 18.9. The van der Waals surface area contributed by atoms with Gasteiger partial charge in [0.05, 0.1) is 6.61 Å². The van der Waals surface area contributed by atoms with Gasteiger partial charge in [0.15, 0.2) is 0 Å². The van der Waals surface area contributed by atoms with E-state index in [9.17, 15) is 0 Å². The Morgan fingerprint density at radius 1 is 1.00 bits per heavy atom. The van der Waals surface area contributed by atoms with Crippen molar-refractivity contribution in [2.45, 2.75) is 71.9 Å². The molecule has 116 valence electrons. The molecule has 0 aromatic rings. The Labute approximate surface area is 121 Å². The first-order valence-electron chi connectivity index (χ1n) is 7.85. The highest BCUT2D eigenvalue weighted by atomic mass is 16.5.